The molecule has 15 nitrogen and oxygen atoms in total. The highest BCUT2D eigenvalue weighted by molar-refractivity contribution is 5.91. The number of ketones is 1. The zero-order valence-electron chi connectivity index (χ0n) is 31.4. The Kier molecular flexibility index (Phi) is 13.2. The van der Waals surface area contributed by atoms with E-state index in [-0.39, 0.29) is 24.7 Å². The fourth-order valence-electron chi connectivity index (χ4n) is 7.99. The lowest BCUT2D eigenvalue weighted by Crippen LogP contribution is -2.62. The normalized spacial score (nSPS) is 48.7. The minimum atomic E-state index is -1.36. The SMILES string of the molecule is COC1C(OCC2C(C)OC(=O)/C=C/C(C)C(O[C@@H]3OC(C)CC4(OC(=O)O[C@H]4C)C3O)C(C)CC(C)C(=O)/C=C/C3OC32)OC(C)C(O)C1OC. The summed E-state index contributed by atoms with van der Waals surface area (Å²) in [5, 5.41) is 22.0. The first kappa shape index (κ1) is 40.7. The molecule has 1 spiro atoms. The van der Waals surface area contributed by atoms with Gasteiger partial charge in [-0.05, 0) is 52.2 Å². The Balaban J connectivity index is 1.34. The maximum absolute atomic E-state index is 13.4. The summed E-state index contributed by atoms with van der Waals surface area (Å²) in [4.78, 5) is 38.7. The van der Waals surface area contributed by atoms with Gasteiger partial charge < -0.3 is 57.6 Å². The first-order chi connectivity index (χ1) is 24.6. The predicted octanol–water partition coefficient (Wildman–Crippen LogP) is 2.62. The highest BCUT2D eigenvalue weighted by atomic mass is 16.8. The third kappa shape index (κ3) is 8.74. The number of hydrogen-bond acceptors (Lipinski definition) is 15. The van der Waals surface area contributed by atoms with Gasteiger partial charge in [-0.15, -0.1) is 0 Å². The van der Waals surface area contributed by atoms with Gasteiger partial charge in [0, 0.05) is 44.5 Å². The van der Waals surface area contributed by atoms with Crippen molar-refractivity contribution in [3.8, 4) is 0 Å². The molecule has 4 saturated heterocycles. The third-order valence-electron chi connectivity index (χ3n) is 11.2. The first-order valence-electron chi connectivity index (χ1n) is 18.3. The Morgan fingerprint density at radius 1 is 0.827 bits per heavy atom. The molecule has 16 unspecified atom stereocenters. The number of methoxy groups -OCH3 is 2. The molecule has 294 valence electrons. The van der Waals surface area contributed by atoms with Crippen LogP contribution in [0.25, 0.3) is 0 Å². The molecule has 0 aromatic heterocycles. The number of epoxide rings is 1. The Labute approximate surface area is 305 Å². The van der Waals surface area contributed by atoms with Gasteiger partial charge in [-0.1, -0.05) is 26.8 Å². The maximum atomic E-state index is 13.4. The molecule has 0 bridgehead atoms. The quantitative estimate of drug-likeness (QED) is 0.286. The number of hydrogen-bond donors (Lipinski definition) is 2. The van der Waals surface area contributed by atoms with E-state index in [9.17, 15) is 24.6 Å². The molecule has 5 heterocycles. The number of cyclic esters (lactones) is 2. The summed E-state index contributed by atoms with van der Waals surface area (Å²) in [5.41, 5.74) is -1.35. The second-order valence-electron chi connectivity index (χ2n) is 15.0. The average molecular weight is 741 g/mol. The van der Waals surface area contributed by atoms with Crippen LogP contribution in [0.2, 0.25) is 0 Å². The summed E-state index contributed by atoms with van der Waals surface area (Å²) in [5.74, 6) is -2.20. The lowest BCUT2D eigenvalue weighted by molar-refractivity contribution is -0.308. The van der Waals surface area contributed by atoms with E-state index in [1.165, 1.54) is 26.4 Å². The summed E-state index contributed by atoms with van der Waals surface area (Å²) >= 11 is 0. The summed E-state index contributed by atoms with van der Waals surface area (Å²) in [6.45, 7) is 12.6. The molecule has 5 aliphatic heterocycles. The molecule has 0 radical (unpaired) electrons. The number of esters is 1. The maximum Gasteiger partial charge on any atom is 0.509 e. The Bertz CT molecular complexity index is 1320. The molecule has 18 atom stereocenters. The molecule has 52 heavy (non-hydrogen) atoms. The van der Waals surface area contributed by atoms with E-state index < -0.39 is 115 Å². The highest BCUT2D eigenvalue weighted by Crippen LogP contribution is 2.42. The van der Waals surface area contributed by atoms with E-state index in [1.807, 2.05) is 20.8 Å². The van der Waals surface area contributed by atoms with Crippen molar-refractivity contribution in [2.24, 2.45) is 23.7 Å². The van der Waals surface area contributed by atoms with Crippen molar-refractivity contribution >= 4 is 17.9 Å². The number of rotatable bonds is 7. The van der Waals surface area contributed by atoms with Crippen molar-refractivity contribution in [2.75, 3.05) is 20.8 Å². The number of carbonyl (C=O) groups excluding carboxylic acids is 3. The van der Waals surface area contributed by atoms with Gasteiger partial charge in [0.25, 0.3) is 0 Å². The van der Waals surface area contributed by atoms with E-state index in [0.717, 1.165) is 0 Å². The Morgan fingerprint density at radius 2 is 1.54 bits per heavy atom. The van der Waals surface area contributed by atoms with Gasteiger partial charge in [-0.25, -0.2) is 9.59 Å². The number of carbonyl (C=O) groups is 3. The van der Waals surface area contributed by atoms with Gasteiger partial charge in [-0.3, -0.25) is 4.79 Å². The minimum absolute atomic E-state index is 0.0493. The summed E-state index contributed by atoms with van der Waals surface area (Å²) in [7, 11) is 2.96. The number of ether oxygens (including phenoxy) is 10. The average Bonchev–Trinajstić information content (AvgIpc) is 3.79. The molecule has 0 amide bonds. The van der Waals surface area contributed by atoms with Crippen LogP contribution in [-0.2, 0) is 57.0 Å². The standard InChI is InChI=1S/C37H56O15/c1-17-10-13-27(39)47-21(5)24(16-45-34-32(44-9)31(43-8)28(40)22(6)48-34)30-26(50-30)12-11-25(38)18(2)14-19(3)29(17)51-35-33(41)37(15-20(4)46-35)23(7)49-36(42)52-37/h10-13,17-24,26,28-35,40-41H,14-16H2,1-9H3/b12-11+,13-10+/t17?,18?,19?,20?,21?,22?,23-,24?,26?,28?,29?,30?,31?,32?,33?,34?,35-,37?/m0/s1. The van der Waals surface area contributed by atoms with Crippen LogP contribution >= 0.6 is 0 Å². The van der Waals surface area contributed by atoms with E-state index in [2.05, 4.69) is 0 Å². The summed E-state index contributed by atoms with van der Waals surface area (Å²) in [6.07, 6.45) is -3.65. The zero-order chi connectivity index (χ0) is 38.1. The van der Waals surface area contributed by atoms with Gasteiger partial charge >= 0.3 is 12.1 Å². The van der Waals surface area contributed by atoms with Gasteiger partial charge in [0.1, 0.15) is 42.7 Å². The van der Waals surface area contributed by atoms with Crippen LogP contribution in [0.1, 0.15) is 61.3 Å². The largest absolute Gasteiger partial charge is 0.509 e. The first-order valence-corrected chi connectivity index (χ1v) is 18.3. The van der Waals surface area contributed by atoms with Gasteiger partial charge in [0.05, 0.1) is 31.0 Å². The lowest BCUT2D eigenvalue weighted by Gasteiger charge is -2.46. The molecule has 2 N–H and O–H groups in total. The number of aliphatic hydroxyl groups is 2. The number of fused-ring (bicyclic) bond motifs is 1. The molecule has 0 aromatic rings. The van der Waals surface area contributed by atoms with Crippen molar-refractivity contribution in [1.29, 1.82) is 0 Å². The van der Waals surface area contributed by atoms with E-state index in [4.69, 9.17) is 47.4 Å². The van der Waals surface area contributed by atoms with Crippen molar-refractivity contribution < 1.29 is 72.0 Å². The minimum Gasteiger partial charge on any atom is -0.459 e. The van der Waals surface area contributed by atoms with E-state index >= 15 is 0 Å². The van der Waals surface area contributed by atoms with Gasteiger partial charge in [0.2, 0.25) is 0 Å². The van der Waals surface area contributed by atoms with E-state index in [0.29, 0.717) is 6.42 Å². The lowest BCUT2D eigenvalue weighted by atomic mass is 9.82. The van der Waals surface area contributed by atoms with E-state index in [1.54, 1.807) is 39.8 Å². The molecule has 5 aliphatic rings. The van der Waals surface area contributed by atoms with Crippen LogP contribution in [0, 0.1) is 23.7 Å². The van der Waals surface area contributed by atoms with Crippen molar-refractivity contribution in [2.45, 2.75) is 147 Å². The summed E-state index contributed by atoms with van der Waals surface area (Å²) in [6, 6.07) is 0. The number of aliphatic hydroxyl groups excluding tert-OH is 2. The predicted molar refractivity (Wildman–Crippen MR) is 181 cm³/mol. The van der Waals surface area contributed by atoms with Gasteiger partial charge in [-0.2, -0.15) is 0 Å². The van der Waals surface area contributed by atoms with Crippen molar-refractivity contribution in [1.82, 2.24) is 0 Å². The van der Waals surface area contributed by atoms with Crippen LogP contribution in [0.15, 0.2) is 24.3 Å². The molecular formula is C37H56O15. The monoisotopic (exact) mass is 740 g/mol. The van der Waals surface area contributed by atoms with Crippen LogP contribution in [0.3, 0.4) is 0 Å². The molecular weight excluding hydrogens is 684 g/mol. The van der Waals surface area contributed by atoms with Crippen LogP contribution < -0.4 is 0 Å². The molecule has 4 fully saturated rings. The van der Waals surface area contributed by atoms with Crippen molar-refractivity contribution in [3.63, 3.8) is 0 Å². The fraction of sp³-hybridized carbons (Fsp3) is 0.811. The number of allylic oxidation sites excluding steroid dienone is 1. The topological polar surface area (TPSA) is 187 Å². The van der Waals surface area contributed by atoms with Crippen LogP contribution in [0.4, 0.5) is 4.79 Å². The molecule has 0 saturated carbocycles. The van der Waals surface area contributed by atoms with Gasteiger partial charge in [0.15, 0.2) is 24.0 Å². The Hall–Kier alpha value is -2.47. The molecule has 0 aliphatic carbocycles. The highest BCUT2D eigenvalue weighted by Gasteiger charge is 2.61. The fourth-order valence-corrected chi connectivity index (χ4v) is 7.99. The Morgan fingerprint density at radius 3 is 2.19 bits per heavy atom. The van der Waals surface area contributed by atoms with Crippen LogP contribution in [-0.4, -0.2) is 134 Å². The molecule has 5 rings (SSSR count). The summed E-state index contributed by atoms with van der Waals surface area (Å²) < 4.78 is 58.3. The second kappa shape index (κ2) is 16.9. The second-order valence-corrected chi connectivity index (χ2v) is 15.0. The zero-order valence-corrected chi connectivity index (χ0v) is 31.4. The van der Waals surface area contributed by atoms with Crippen molar-refractivity contribution in [3.05, 3.63) is 24.3 Å². The van der Waals surface area contributed by atoms with Crippen LogP contribution in [0.5, 0.6) is 0 Å². The molecule has 0 aromatic carbocycles. The third-order valence-corrected chi connectivity index (χ3v) is 11.2. The smallest absolute Gasteiger partial charge is 0.459 e. The molecule has 15 heteroatoms.